The second-order valence-electron chi connectivity index (χ2n) is 5.50. The maximum absolute atomic E-state index is 12.5. The van der Waals surface area contributed by atoms with Crippen molar-refractivity contribution < 1.29 is 19.4 Å². The molecular formula is C19H18N2O5. The van der Waals surface area contributed by atoms with E-state index in [0.717, 1.165) is 0 Å². The van der Waals surface area contributed by atoms with Crippen molar-refractivity contribution in [3.05, 3.63) is 70.8 Å². The van der Waals surface area contributed by atoms with Crippen LogP contribution in [0.3, 0.4) is 0 Å². The fourth-order valence-electron chi connectivity index (χ4n) is 2.66. The van der Waals surface area contributed by atoms with E-state index in [0.29, 0.717) is 30.2 Å². The lowest BCUT2D eigenvalue weighted by molar-refractivity contribution is 0.0692. The predicted molar refractivity (Wildman–Crippen MR) is 96.2 cm³/mol. The number of hydrogen-bond acceptors (Lipinski definition) is 4. The highest BCUT2D eigenvalue weighted by atomic mass is 16.5. The van der Waals surface area contributed by atoms with E-state index in [1.165, 1.54) is 4.57 Å². The van der Waals surface area contributed by atoms with Gasteiger partial charge in [-0.15, -0.1) is 0 Å². The summed E-state index contributed by atoms with van der Waals surface area (Å²) in [5.41, 5.74) is 0.723. The van der Waals surface area contributed by atoms with Crippen molar-refractivity contribution in [1.29, 1.82) is 0 Å². The molecule has 0 saturated heterocycles. The van der Waals surface area contributed by atoms with Crippen LogP contribution in [0.15, 0.2) is 59.4 Å². The molecule has 0 spiro atoms. The fourth-order valence-corrected chi connectivity index (χ4v) is 2.66. The van der Waals surface area contributed by atoms with Crippen molar-refractivity contribution >= 4 is 5.97 Å². The molecule has 2 aromatic carbocycles. The predicted octanol–water partition coefficient (Wildman–Crippen LogP) is 2.56. The van der Waals surface area contributed by atoms with Crippen LogP contribution in [0.25, 0.3) is 16.9 Å². The number of carboxylic acids is 1. The number of aromatic carboxylic acids is 1. The van der Waals surface area contributed by atoms with Crippen LogP contribution in [0, 0.1) is 0 Å². The third-order valence-corrected chi connectivity index (χ3v) is 3.79. The molecule has 0 amide bonds. The molecule has 1 aromatic heterocycles. The molecule has 134 valence electrons. The third-order valence-electron chi connectivity index (χ3n) is 3.79. The first-order valence-corrected chi connectivity index (χ1v) is 7.97. The highest BCUT2D eigenvalue weighted by molar-refractivity contribution is 5.93. The lowest BCUT2D eigenvalue weighted by Gasteiger charge is -2.11. The number of aromatic amines is 1. The summed E-state index contributed by atoms with van der Waals surface area (Å²) >= 11 is 0. The number of nitrogens with zero attached hydrogens (tertiary/aromatic N) is 1. The number of methoxy groups -OCH3 is 1. The van der Waals surface area contributed by atoms with Gasteiger partial charge in [0.2, 0.25) is 0 Å². The maximum Gasteiger partial charge on any atom is 0.354 e. The molecule has 0 atom stereocenters. The lowest BCUT2D eigenvalue weighted by Crippen LogP contribution is -2.16. The zero-order valence-electron chi connectivity index (χ0n) is 14.1. The topological polar surface area (TPSA) is 93.5 Å². The van der Waals surface area contributed by atoms with Gasteiger partial charge >= 0.3 is 11.7 Å². The number of ether oxygens (including phenoxy) is 2. The van der Waals surface area contributed by atoms with Gasteiger partial charge in [0.15, 0.2) is 5.69 Å². The average molecular weight is 354 g/mol. The standard InChI is InChI=1S/C19H18N2O5/c1-25-10-11-26-15-9-5-8-14(12-15)21-17(13-6-3-2-4-7-13)16(18(22)23)20-19(21)24/h2-9,12H,10-11H2,1H3,(H,20,24)(H,22,23). The quantitative estimate of drug-likeness (QED) is 0.636. The minimum Gasteiger partial charge on any atom is -0.491 e. The second-order valence-corrected chi connectivity index (χ2v) is 5.50. The van der Waals surface area contributed by atoms with Crippen molar-refractivity contribution in [2.45, 2.75) is 0 Å². The molecule has 0 aliphatic carbocycles. The normalized spacial score (nSPS) is 10.7. The number of nitrogens with one attached hydrogen (secondary N) is 1. The molecule has 1 heterocycles. The SMILES string of the molecule is COCCOc1cccc(-n2c(-c3ccccc3)c(C(=O)O)[nH]c2=O)c1. The largest absolute Gasteiger partial charge is 0.491 e. The Morgan fingerprint density at radius 3 is 2.58 bits per heavy atom. The second kappa shape index (κ2) is 7.71. The van der Waals surface area contributed by atoms with Crippen LogP contribution in [0.2, 0.25) is 0 Å². The molecule has 0 bridgehead atoms. The first-order chi connectivity index (χ1) is 12.6. The Labute approximate surface area is 149 Å². The van der Waals surface area contributed by atoms with Gasteiger partial charge in [-0.25, -0.2) is 9.59 Å². The minimum atomic E-state index is -1.20. The molecule has 7 heteroatoms. The Kier molecular flexibility index (Phi) is 5.19. The van der Waals surface area contributed by atoms with Crippen molar-refractivity contribution in [2.75, 3.05) is 20.3 Å². The van der Waals surface area contributed by atoms with Crippen LogP contribution in [-0.4, -0.2) is 41.0 Å². The number of rotatable bonds is 7. The van der Waals surface area contributed by atoms with Gasteiger partial charge in [0.1, 0.15) is 12.4 Å². The molecule has 3 rings (SSSR count). The zero-order chi connectivity index (χ0) is 18.5. The molecule has 0 aliphatic heterocycles. The number of carboxylic acid groups (broad SMARTS) is 1. The van der Waals surface area contributed by atoms with Gasteiger partial charge < -0.3 is 14.6 Å². The first-order valence-electron chi connectivity index (χ1n) is 7.97. The van der Waals surface area contributed by atoms with Gasteiger partial charge in [-0.1, -0.05) is 36.4 Å². The van der Waals surface area contributed by atoms with E-state index < -0.39 is 11.7 Å². The van der Waals surface area contributed by atoms with E-state index in [-0.39, 0.29) is 11.4 Å². The Morgan fingerprint density at radius 2 is 1.88 bits per heavy atom. The van der Waals surface area contributed by atoms with E-state index in [1.807, 2.05) is 6.07 Å². The number of aromatic nitrogens is 2. The van der Waals surface area contributed by atoms with Crippen LogP contribution in [-0.2, 0) is 4.74 Å². The Morgan fingerprint density at radius 1 is 1.12 bits per heavy atom. The van der Waals surface area contributed by atoms with Crippen LogP contribution < -0.4 is 10.4 Å². The van der Waals surface area contributed by atoms with Crippen molar-refractivity contribution in [3.63, 3.8) is 0 Å². The number of H-pyrrole nitrogens is 1. The number of carbonyl (C=O) groups is 1. The first kappa shape index (κ1) is 17.5. The number of imidazole rings is 1. The lowest BCUT2D eigenvalue weighted by atomic mass is 10.1. The van der Waals surface area contributed by atoms with E-state index in [1.54, 1.807) is 55.6 Å². The summed E-state index contributed by atoms with van der Waals surface area (Å²) in [4.78, 5) is 26.5. The Balaban J connectivity index is 2.12. The van der Waals surface area contributed by atoms with Gasteiger partial charge in [0, 0.05) is 18.7 Å². The fraction of sp³-hybridized carbons (Fsp3) is 0.158. The minimum absolute atomic E-state index is 0.160. The van der Waals surface area contributed by atoms with Crippen molar-refractivity contribution in [3.8, 4) is 22.7 Å². The molecule has 26 heavy (non-hydrogen) atoms. The molecule has 2 N–H and O–H groups in total. The Hall–Kier alpha value is -3.32. The van der Waals surface area contributed by atoms with Gasteiger partial charge in [0.25, 0.3) is 0 Å². The summed E-state index contributed by atoms with van der Waals surface area (Å²) < 4.78 is 11.9. The smallest absolute Gasteiger partial charge is 0.354 e. The molecule has 3 aromatic rings. The van der Waals surface area contributed by atoms with Gasteiger partial charge in [-0.2, -0.15) is 0 Å². The Bertz CT molecular complexity index is 960. The molecule has 0 fully saturated rings. The van der Waals surface area contributed by atoms with Gasteiger partial charge in [-0.05, 0) is 12.1 Å². The number of hydrogen-bond donors (Lipinski definition) is 2. The van der Waals surface area contributed by atoms with Crippen LogP contribution in [0.4, 0.5) is 0 Å². The molecule has 7 nitrogen and oxygen atoms in total. The van der Waals surface area contributed by atoms with Crippen LogP contribution in [0.5, 0.6) is 5.75 Å². The molecule has 0 aliphatic rings. The average Bonchev–Trinajstić information content (AvgIpc) is 3.00. The zero-order valence-corrected chi connectivity index (χ0v) is 14.1. The summed E-state index contributed by atoms with van der Waals surface area (Å²) in [6.07, 6.45) is 0. The number of benzene rings is 2. The molecular weight excluding hydrogens is 336 g/mol. The highest BCUT2D eigenvalue weighted by Crippen LogP contribution is 2.26. The maximum atomic E-state index is 12.5. The monoisotopic (exact) mass is 354 g/mol. The summed E-state index contributed by atoms with van der Waals surface area (Å²) in [5.74, 6) is -0.643. The molecule has 0 saturated carbocycles. The third kappa shape index (κ3) is 3.52. The van der Waals surface area contributed by atoms with E-state index in [9.17, 15) is 14.7 Å². The van der Waals surface area contributed by atoms with E-state index in [4.69, 9.17) is 9.47 Å². The van der Waals surface area contributed by atoms with Crippen molar-refractivity contribution in [2.24, 2.45) is 0 Å². The highest BCUT2D eigenvalue weighted by Gasteiger charge is 2.22. The molecule has 0 unspecified atom stereocenters. The van der Waals surface area contributed by atoms with Gasteiger partial charge in [0.05, 0.1) is 18.0 Å². The van der Waals surface area contributed by atoms with Crippen molar-refractivity contribution in [1.82, 2.24) is 9.55 Å². The van der Waals surface area contributed by atoms with E-state index in [2.05, 4.69) is 4.98 Å². The van der Waals surface area contributed by atoms with Gasteiger partial charge in [-0.3, -0.25) is 9.55 Å². The summed E-state index contributed by atoms with van der Waals surface area (Å²) in [6, 6.07) is 15.8. The summed E-state index contributed by atoms with van der Waals surface area (Å²) in [7, 11) is 1.58. The van der Waals surface area contributed by atoms with Crippen LogP contribution >= 0.6 is 0 Å². The summed E-state index contributed by atoms with van der Waals surface area (Å²) in [5, 5.41) is 9.49. The van der Waals surface area contributed by atoms with Crippen LogP contribution in [0.1, 0.15) is 10.5 Å². The summed E-state index contributed by atoms with van der Waals surface area (Å²) in [6.45, 7) is 0.806. The molecule has 0 radical (unpaired) electrons. The van der Waals surface area contributed by atoms with E-state index >= 15 is 0 Å².